The molecule has 0 fully saturated rings. The smallest absolute Gasteiger partial charge is 0.303 e. The molecular formula is C14H16N4O8. The predicted octanol–water partition coefficient (Wildman–Crippen LogP) is 0.602. The van der Waals surface area contributed by atoms with Gasteiger partial charge in [-0.3, -0.25) is 34.6 Å². The molecule has 0 aliphatic rings. The molecule has 1 aromatic rings. The first kappa shape index (κ1) is 20.5. The van der Waals surface area contributed by atoms with Crippen molar-refractivity contribution in [1.82, 2.24) is 10.6 Å². The van der Waals surface area contributed by atoms with Crippen molar-refractivity contribution < 1.29 is 29.3 Å². The lowest BCUT2D eigenvalue weighted by Gasteiger charge is -2.14. The van der Waals surface area contributed by atoms with E-state index >= 15 is 0 Å². The number of aliphatic carboxylic acids is 1. The molecule has 2 amide bonds. The van der Waals surface area contributed by atoms with Crippen molar-refractivity contribution in [1.29, 1.82) is 0 Å². The van der Waals surface area contributed by atoms with Gasteiger partial charge in [0.1, 0.15) is 6.04 Å². The summed E-state index contributed by atoms with van der Waals surface area (Å²) in [4.78, 5) is 54.2. The van der Waals surface area contributed by atoms with Gasteiger partial charge in [-0.15, -0.1) is 0 Å². The highest BCUT2D eigenvalue weighted by Crippen LogP contribution is 2.22. The number of nitrogens with zero attached hydrogens (tertiary/aromatic N) is 2. The largest absolute Gasteiger partial charge is 0.481 e. The van der Waals surface area contributed by atoms with Gasteiger partial charge in [0.05, 0.1) is 21.5 Å². The summed E-state index contributed by atoms with van der Waals surface area (Å²) in [6.07, 6.45) is 0.0805. The molecule has 0 unspecified atom stereocenters. The number of hydrogen-bond acceptors (Lipinski definition) is 7. The number of hydrogen-bond donors (Lipinski definition) is 3. The molecule has 0 heterocycles. The summed E-state index contributed by atoms with van der Waals surface area (Å²) in [6.45, 7) is 1.43. The van der Waals surface area contributed by atoms with Crippen LogP contribution < -0.4 is 10.6 Å². The third-order valence-electron chi connectivity index (χ3n) is 3.19. The fraction of sp³-hybridized carbons (Fsp3) is 0.357. The van der Waals surface area contributed by atoms with E-state index in [1.807, 2.05) is 0 Å². The fourth-order valence-corrected chi connectivity index (χ4v) is 1.89. The highest BCUT2D eigenvalue weighted by atomic mass is 16.6. The van der Waals surface area contributed by atoms with Crippen LogP contribution in [0.2, 0.25) is 0 Å². The van der Waals surface area contributed by atoms with Gasteiger partial charge in [0, 0.05) is 25.1 Å². The molecule has 0 aromatic heterocycles. The number of nitro benzene ring substituents is 2. The number of non-ortho nitro benzene ring substituents is 2. The average Bonchev–Trinajstić information content (AvgIpc) is 2.57. The number of rotatable bonds is 9. The van der Waals surface area contributed by atoms with Crippen LogP contribution in [-0.4, -0.2) is 45.3 Å². The third kappa shape index (κ3) is 6.14. The van der Waals surface area contributed by atoms with Crippen LogP contribution in [0.5, 0.6) is 0 Å². The van der Waals surface area contributed by atoms with E-state index in [1.54, 1.807) is 0 Å². The van der Waals surface area contributed by atoms with Gasteiger partial charge < -0.3 is 15.7 Å². The van der Waals surface area contributed by atoms with E-state index in [2.05, 4.69) is 10.6 Å². The Bertz CT molecular complexity index is 716. The molecule has 12 nitrogen and oxygen atoms in total. The summed E-state index contributed by atoms with van der Waals surface area (Å²) in [6, 6.07) is 1.40. The normalized spacial score (nSPS) is 11.3. The van der Waals surface area contributed by atoms with E-state index in [-0.39, 0.29) is 24.9 Å². The van der Waals surface area contributed by atoms with Gasteiger partial charge in [0.25, 0.3) is 17.3 Å². The second-order valence-electron chi connectivity index (χ2n) is 5.24. The Morgan fingerprint density at radius 2 is 1.65 bits per heavy atom. The molecule has 3 N–H and O–H groups in total. The fourth-order valence-electron chi connectivity index (χ4n) is 1.89. The second kappa shape index (κ2) is 9.05. The van der Waals surface area contributed by atoms with E-state index in [1.165, 1.54) is 6.92 Å². The Hall–Kier alpha value is -3.57. The van der Waals surface area contributed by atoms with E-state index < -0.39 is 45.0 Å². The molecule has 0 saturated heterocycles. The molecule has 0 aliphatic carbocycles. The van der Waals surface area contributed by atoms with Gasteiger partial charge in [0.15, 0.2) is 0 Å². The third-order valence-corrected chi connectivity index (χ3v) is 3.19. The molecule has 26 heavy (non-hydrogen) atoms. The molecule has 0 aliphatic heterocycles. The first-order valence-electron chi connectivity index (χ1n) is 7.36. The maximum atomic E-state index is 12.1. The van der Waals surface area contributed by atoms with E-state index in [9.17, 15) is 34.6 Å². The number of amides is 2. The Kier molecular flexibility index (Phi) is 7.13. The topological polar surface area (TPSA) is 182 Å². The van der Waals surface area contributed by atoms with Crippen molar-refractivity contribution in [3.05, 3.63) is 44.0 Å². The number of carboxylic acids is 1. The van der Waals surface area contributed by atoms with Crippen LogP contribution in [0.4, 0.5) is 11.4 Å². The number of nitrogens with one attached hydrogen (secondary N) is 2. The number of carboxylic acid groups (broad SMARTS) is 1. The van der Waals surface area contributed by atoms with Gasteiger partial charge in [-0.25, -0.2) is 0 Å². The van der Waals surface area contributed by atoms with Gasteiger partial charge in [-0.05, 0) is 13.3 Å². The zero-order valence-electron chi connectivity index (χ0n) is 13.6. The van der Waals surface area contributed by atoms with Crippen molar-refractivity contribution in [2.45, 2.75) is 25.8 Å². The summed E-state index contributed by atoms with van der Waals surface area (Å²) in [5, 5.41) is 34.8. The number of carbonyl (C=O) groups excluding carboxylic acids is 2. The Morgan fingerprint density at radius 1 is 1.12 bits per heavy atom. The highest BCUT2D eigenvalue weighted by molar-refractivity contribution is 5.98. The number of benzene rings is 1. The first-order valence-corrected chi connectivity index (χ1v) is 7.36. The van der Waals surface area contributed by atoms with Gasteiger partial charge in [-0.1, -0.05) is 0 Å². The molecule has 0 radical (unpaired) electrons. The summed E-state index contributed by atoms with van der Waals surface area (Å²) in [7, 11) is 0. The maximum Gasteiger partial charge on any atom is 0.303 e. The van der Waals surface area contributed by atoms with Crippen molar-refractivity contribution >= 4 is 29.2 Å². The van der Waals surface area contributed by atoms with Crippen LogP contribution in [-0.2, 0) is 9.59 Å². The standard InChI is InChI=1S/C14H16N4O8/c1-8(13(21)15-4-2-3-12(19)20)16-14(22)9-5-10(17(23)24)7-11(6-9)18(25)26/h5-8H,2-4H2,1H3,(H,15,21)(H,16,22)(H,19,20)/t8-/m0/s1. The average molecular weight is 368 g/mol. The lowest BCUT2D eigenvalue weighted by molar-refractivity contribution is -0.394. The molecule has 0 bridgehead atoms. The van der Waals surface area contributed by atoms with Crippen LogP contribution in [0.25, 0.3) is 0 Å². The molecule has 0 spiro atoms. The monoisotopic (exact) mass is 368 g/mol. The summed E-state index contributed by atoms with van der Waals surface area (Å²) >= 11 is 0. The van der Waals surface area contributed by atoms with Crippen LogP contribution >= 0.6 is 0 Å². The molecule has 0 saturated carbocycles. The Labute approximate surface area is 146 Å². The Morgan fingerprint density at radius 3 is 2.12 bits per heavy atom. The van der Waals surface area contributed by atoms with E-state index in [0.29, 0.717) is 0 Å². The zero-order chi connectivity index (χ0) is 19.9. The van der Waals surface area contributed by atoms with Crippen LogP contribution in [0, 0.1) is 20.2 Å². The molecule has 1 rings (SSSR count). The van der Waals surface area contributed by atoms with E-state index in [4.69, 9.17) is 5.11 Å². The Balaban J connectivity index is 2.77. The maximum absolute atomic E-state index is 12.1. The predicted molar refractivity (Wildman–Crippen MR) is 86.6 cm³/mol. The van der Waals surface area contributed by atoms with Crippen molar-refractivity contribution in [3.63, 3.8) is 0 Å². The summed E-state index contributed by atoms with van der Waals surface area (Å²) in [5.41, 5.74) is -1.60. The van der Waals surface area contributed by atoms with Crippen molar-refractivity contribution in [2.75, 3.05) is 6.54 Å². The molecule has 12 heteroatoms. The molecule has 1 atom stereocenters. The minimum Gasteiger partial charge on any atom is -0.481 e. The lowest BCUT2D eigenvalue weighted by Crippen LogP contribution is -2.45. The van der Waals surface area contributed by atoms with Crippen LogP contribution in [0.15, 0.2) is 18.2 Å². The minimum atomic E-state index is -1.04. The van der Waals surface area contributed by atoms with Crippen LogP contribution in [0.3, 0.4) is 0 Å². The quantitative estimate of drug-likeness (QED) is 0.321. The van der Waals surface area contributed by atoms with Gasteiger partial charge >= 0.3 is 5.97 Å². The van der Waals surface area contributed by atoms with Crippen molar-refractivity contribution in [2.24, 2.45) is 0 Å². The SMILES string of the molecule is C[C@H](NC(=O)c1cc([N+](=O)[O-])cc([N+](=O)[O-])c1)C(=O)NCCCC(=O)O. The second-order valence-corrected chi connectivity index (χ2v) is 5.24. The van der Waals surface area contributed by atoms with Gasteiger partial charge in [-0.2, -0.15) is 0 Å². The summed E-state index contributed by atoms with van der Waals surface area (Å²) in [5.74, 6) is -2.50. The molecule has 140 valence electrons. The minimum absolute atomic E-state index is 0.0909. The van der Waals surface area contributed by atoms with E-state index in [0.717, 1.165) is 18.2 Å². The molecular weight excluding hydrogens is 352 g/mol. The zero-order valence-corrected chi connectivity index (χ0v) is 13.6. The van der Waals surface area contributed by atoms with Gasteiger partial charge in [0.2, 0.25) is 5.91 Å². The number of nitro groups is 2. The van der Waals surface area contributed by atoms with Crippen molar-refractivity contribution in [3.8, 4) is 0 Å². The first-order chi connectivity index (χ1) is 12.1. The summed E-state index contributed by atoms with van der Waals surface area (Å²) < 4.78 is 0. The lowest BCUT2D eigenvalue weighted by atomic mass is 10.1. The highest BCUT2D eigenvalue weighted by Gasteiger charge is 2.22. The van der Waals surface area contributed by atoms with Crippen LogP contribution in [0.1, 0.15) is 30.1 Å². The molecule has 1 aromatic carbocycles. The number of carbonyl (C=O) groups is 3.